The van der Waals surface area contributed by atoms with Gasteiger partial charge < -0.3 is 9.90 Å². The first kappa shape index (κ1) is 11.6. The van der Waals surface area contributed by atoms with Gasteiger partial charge in [0.15, 0.2) is 0 Å². The van der Waals surface area contributed by atoms with Crippen LogP contribution in [0, 0.1) is 6.92 Å². The summed E-state index contributed by atoms with van der Waals surface area (Å²) >= 11 is 0. The van der Waals surface area contributed by atoms with Gasteiger partial charge in [-0.2, -0.15) is 0 Å². The third kappa shape index (κ3) is 3.35. The number of rotatable bonds is 2. The zero-order chi connectivity index (χ0) is 8.27. The summed E-state index contributed by atoms with van der Waals surface area (Å²) in [5, 5.41) is 10.2. The SMILES string of the molecule is Cc1ccccc1CC(=O)[O-].[Hg+]. The first-order chi connectivity index (χ1) is 5.20. The number of aliphatic carboxylic acids is 1. The van der Waals surface area contributed by atoms with Gasteiger partial charge in [0.05, 0.1) is 0 Å². The van der Waals surface area contributed by atoms with E-state index in [-0.39, 0.29) is 34.1 Å². The monoisotopic (exact) mass is 351 g/mol. The van der Waals surface area contributed by atoms with Gasteiger partial charge in [0.2, 0.25) is 0 Å². The fourth-order valence-electron chi connectivity index (χ4n) is 0.964. The van der Waals surface area contributed by atoms with E-state index >= 15 is 0 Å². The Morgan fingerprint density at radius 2 is 2.00 bits per heavy atom. The molecule has 1 aromatic carbocycles. The summed E-state index contributed by atoms with van der Waals surface area (Å²) in [4.78, 5) is 10.2. The van der Waals surface area contributed by atoms with Crippen LogP contribution in [-0.2, 0) is 38.9 Å². The molecule has 0 saturated heterocycles. The average Bonchev–Trinajstić information content (AvgIpc) is 1.93. The second kappa shape index (κ2) is 5.30. The van der Waals surface area contributed by atoms with Gasteiger partial charge in [0.1, 0.15) is 0 Å². The summed E-state index contributed by atoms with van der Waals surface area (Å²) in [5.74, 6) is -1.03. The van der Waals surface area contributed by atoms with Crippen molar-refractivity contribution in [2.24, 2.45) is 0 Å². The van der Waals surface area contributed by atoms with E-state index in [1.54, 1.807) is 6.07 Å². The van der Waals surface area contributed by atoms with E-state index in [1.807, 2.05) is 25.1 Å². The Hall–Kier alpha value is -0.375. The van der Waals surface area contributed by atoms with E-state index in [9.17, 15) is 9.90 Å². The van der Waals surface area contributed by atoms with Crippen LogP contribution >= 0.6 is 0 Å². The molecule has 0 fully saturated rings. The Morgan fingerprint density at radius 1 is 1.42 bits per heavy atom. The van der Waals surface area contributed by atoms with Gasteiger partial charge in [-0.15, -0.1) is 0 Å². The Kier molecular flexibility index (Phi) is 5.14. The van der Waals surface area contributed by atoms with Crippen molar-refractivity contribution >= 4 is 5.97 Å². The maximum atomic E-state index is 10.2. The van der Waals surface area contributed by atoms with Gasteiger partial charge in [0.25, 0.3) is 0 Å². The second-order valence-electron chi connectivity index (χ2n) is 2.48. The predicted octanol–water partition coefficient (Wildman–Crippen LogP) is 0.285. The number of hydrogen-bond acceptors (Lipinski definition) is 2. The third-order valence-corrected chi connectivity index (χ3v) is 1.60. The maximum Gasteiger partial charge on any atom is 1.00 e. The van der Waals surface area contributed by atoms with Crippen LogP contribution in [-0.4, -0.2) is 5.97 Å². The Labute approximate surface area is 92.1 Å². The molecule has 1 rings (SSSR count). The van der Waals surface area contributed by atoms with Crippen molar-refractivity contribution in [2.75, 3.05) is 0 Å². The molecule has 3 heteroatoms. The molecule has 2 nitrogen and oxygen atoms in total. The van der Waals surface area contributed by atoms with E-state index in [1.165, 1.54) is 0 Å². The van der Waals surface area contributed by atoms with Crippen LogP contribution in [0.5, 0.6) is 0 Å². The van der Waals surface area contributed by atoms with Crippen LogP contribution in [0.4, 0.5) is 0 Å². The molecule has 59 valence electrons. The van der Waals surface area contributed by atoms with Crippen molar-refractivity contribution in [3.8, 4) is 0 Å². The van der Waals surface area contributed by atoms with Crippen LogP contribution in [0.1, 0.15) is 11.1 Å². The van der Waals surface area contributed by atoms with E-state index < -0.39 is 5.97 Å². The van der Waals surface area contributed by atoms with E-state index in [0.29, 0.717) is 0 Å². The molecule has 0 amide bonds. The summed E-state index contributed by atoms with van der Waals surface area (Å²) in [6.07, 6.45) is 0.00662. The van der Waals surface area contributed by atoms with Gasteiger partial charge in [0, 0.05) is 12.4 Å². The Bertz CT molecular complexity index is 271. The minimum atomic E-state index is -1.03. The number of carbonyl (C=O) groups excluding carboxylic acids is 1. The van der Waals surface area contributed by atoms with Crippen LogP contribution in [0.2, 0.25) is 0 Å². The normalized spacial score (nSPS) is 8.75. The predicted molar refractivity (Wildman–Crippen MR) is 39.9 cm³/mol. The van der Waals surface area contributed by atoms with Crippen LogP contribution in [0.15, 0.2) is 24.3 Å². The molecule has 0 aliphatic carbocycles. The number of benzene rings is 1. The molecule has 1 aromatic rings. The molecule has 12 heavy (non-hydrogen) atoms. The summed E-state index contributed by atoms with van der Waals surface area (Å²) in [6.45, 7) is 1.89. The molecule has 0 spiro atoms. The number of aryl methyl sites for hydroxylation is 1. The average molecular weight is 350 g/mol. The van der Waals surface area contributed by atoms with E-state index in [0.717, 1.165) is 11.1 Å². The number of carboxylic acid groups (broad SMARTS) is 1. The Morgan fingerprint density at radius 3 is 2.50 bits per heavy atom. The molecular weight excluding hydrogens is 341 g/mol. The van der Waals surface area contributed by atoms with Gasteiger partial charge in [-0.3, -0.25) is 0 Å². The Balaban J connectivity index is 0.00000121. The zero-order valence-corrected chi connectivity index (χ0v) is 12.5. The fourth-order valence-corrected chi connectivity index (χ4v) is 0.964. The van der Waals surface area contributed by atoms with Crippen molar-refractivity contribution in [3.05, 3.63) is 35.4 Å². The number of carbonyl (C=O) groups is 1. The van der Waals surface area contributed by atoms with Crippen molar-refractivity contribution in [3.63, 3.8) is 0 Å². The van der Waals surface area contributed by atoms with Crippen molar-refractivity contribution in [1.82, 2.24) is 0 Å². The minimum Gasteiger partial charge on any atom is -0.550 e. The van der Waals surface area contributed by atoms with Crippen molar-refractivity contribution < 1.29 is 37.6 Å². The van der Waals surface area contributed by atoms with E-state index in [2.05, 4.69) is 0 Å². The zero-order valence-electron chi connectivity index (χ0n) is 7.04. The summed E-state index contributed by atoms with van der Waals surface area (Å²) in [5.41, 5.74) is 1.82. The topological polar surface area (TPSA) is 40.1 Å². The first-order valence-electron chi connectivity index (χ1n) is 3.44. The van der Waals surface area contributed by atoms with Crippen LogP contribution < -0.4 is 5.11 Å². The molecule has 0 aliphatic rings. The van der Waals surface area contributed by atoms with Gasteiger partial charge in [-0.25, -0.2) is 0 Å². The largest absolute Gasteiger partial charge is 1.00 e. The maximum absolute atomic E-state index is 10.2. The smallest absolute Gasteiger partial charge is 0.550 e. The molecule has 0 bridgehead atoms. The fraction of sp³-hybridized carbons (Fsp3) is 0.222. The molecule has 1 radical (unpaired) electrons. The standard InChI is InChI=1S/C9H10O2.Hg/c1-7-4-2-3-5-8(7)6-9(10)11;/h2-5H,6H2,1H3,(H,10,11);/q;+1/p-1. The van der Waals surface area contributed by atoms with Gasteiger partial charge in [-0.05, 0) is 18.1 Å². The first-order valence-corrected chi connectivity index (χ1v) is 3.44. The van der Waals surface area contributed by atoms with Gasteiger partial charge in [-0.1, -0.05) is 24.3 Å². The van der Waals surface area contributed by atoms with Crippen molar-refractivity contribution in [1.29, 1.82) is 0 Å². The third-order valence-electron chi connectivity index (χ3n) is 1.60. The molecule has 0 atom stereocenters. The second-order valence-corrected chi connectivity index (χ2v) is 2.48. The minimum absolute atomic E-state index is 0. The molecule has 0 aliphatic heterocycles. The molecule has 0 unspecified atom stereocenters. The van der Waals surface area contributed by atoms with Crippen LogP contribution in [0.3, 0.4) is 0 Å². The van der Waals surface area contributed by atoms with E-state index in [4.69, 9.17) is 0 Å². The summed E-state index contributed by atoms with van der Waals surface area (Å²) < 4.78 is 0. The van der Waals surface area contributed by atoms with Crippen LogP contribution in [0.25, 0.3) is 0 Å². The molecule has 0 heterocycles. The number of carboxylic acids is 1. The number of hydrogen-bond donors (Lipinski definition) is 0. The molecular formula is C9H9HgO2. The molecule has 0 saturated carbocycles. The quantitative estimate of drug-likeness (QED) is 0.720. The molecule has 0 N–H and O–H groups in total. The summed E-state index contributed by atoms with van der Waals surface area (Å²) in [7, 11) is 0. The van der Waals surface area contributed by atoms with Crippen molar-refractivity contribution in [2.45, 2.75) is 13.3 Å². The summed E-state index contributed by atoms with van der Waals surface area (Å²) in [6, 6.07) is 7.39. The van der Waals surface area contributed by atoms with Gasteiger partial charge >= 0.3 is 27.7 Å². The molecule has 0 aromatic heterocycles.